The van der Waals surface area contributed by atoms with E-state index in [0.717, 1.165) is 27.9 Å². The van der Waals surface area contributed by atoms with Crippen molar-refractivity contribution >= 4 is 29.0 Å². The molecule has 0 radical (unpaired) electrons. The topological polar surface area (TPSA) is 77.5 Å². The number of nitrogens with zero attached hydrogens (tertiary/aromatic N) is 3. The van der Waals surface area contributed by atoms with Crippen LogP contribution in [0.2, 0.25) is 0 Å². The van der Waals surface area contributed by atoms with E-state index < -0.39 is 0 Å². The molecule has 6 heteroatoms. The molecule has 3 heterocycles. The Morgan fingerprint density at radius 2 is 1.96 bits per heavy atom. The molecular weight excluding hydrogens is 302 g/mol. The van der Waals surface area contributed by atoms with Crippen molar-refractivity contribution in [3.8, 4) is 5.75 Å². The van der Waals surface area contributed by atoms with Crippen LogP contribution < -0.4 is 15.8 Å². The number of ether oxygens (including phenoxy) is 1. The number of aliphatic imine (C=N–C) groups is 1. The average molecular weight is 317 g/mol. The van der Waals surface area contributed by atoms with Crippen LogP contribution in [0.5, 0.6) is 5.75 Å². The van der Waals surface area contributed by atoms with Crippen LogP contribution in [0.1, 0.15) is 11.7 Å². The molecule has 0 aliphatic carbocycles. The molecular formula is C18H15N5O. The molecule has 3 aromatic rings. The summed E-state index contributed by atoms with van der Waals surface area (Å²) in [6.45, 7) is 0.477. The minimum atomic E-state index is -0.262. The van der Waals surface area contributed by atoms with E-state index in [1.807, 2.05) is 48.5 Å². The number of anilines is 1. The number of nitrogens with two attached hydrogens (primary N) is 1. The Bertz CT molecular complexity index is 1020. The van der Waals surface area contributed by atoms with Crippen molar-refractivity contribution < 1.29 is 4.74 Å². The number of rotatable bonds is 1. The van der Waals surface area contributed by atoms with Gasteiger partial charge in [-0.3, -0.25) is 9.88 Å². The number of nitrogens with one attached hydrogen (secondary N) is 1. The summed E-state index contributed by atoms with van der Waals surface area (Å²) in [7, 11) is 0. The third-order valence-corrected chi connectivity index (χ3v) is 4.33. The Morgan fingerprint density at radius 3 is 2.92 bits per heavy atom. The quantitative estimate of drug-likeness (QED) is 0.723. The van der Waals surface area contributed by atoms with E-state index in [1.165, 1.54) is 0 Å². The summed E-state index contributed by atoms with van der Waals surface area (Å²) < 4.78 is 7.96. The average Bonchev–Trinajstić information content (AvgIpc) is 2.98. The van der Waals surface area contributed by atoms with E-state index in [1.54, 1.807) is 0 Å². The highest BCUT2D eigenvalue weighted by molar-refractivity contribution is 5.94. The van der Waals surface area contributed by atoms with Crippen molar-refractivity contribution in [2.24, 2.45) is 10.7 Å². The lowest BCUT2D eigenvalue weighted by Crippen LogP contribution is -2.32. The summed E-state index contributed by atoms with van der Waals surface area (Å²) in [6.07, 6.45) is 1.87. The standard InChI is InChI=1S/C18H15N5O/c19-17-21-16(12-9-11-5-1-4-8-15(11)24-10-12)23-14-7-3-2-6-13(14)20-18(23)22-17/h1-9,16H,10H2,(H3,19,20,21,22). The van der Waals surface area contributed by atoms with Gasteiger partial charge in [-0.1, -0.05) is 30.3 Å². The molecule has 118 valence electrons. The van der Waals surface area contributed by atoms with Crippen molar-refractivity contribution in [2.75, 3.05) is 11.9 Å². The van der Waals surface area contributed by atoms with Crippen LogP contribution in [-0.4, -0.2) is 22.1 Å². The number of hydrogen-bond acceptors (Lipinski definition) is 5. The van der Waals surface area contributed by atoms with E-state index in [4.69, 9.17) is 10.5 Å². The number of benzene rings is 2. The molecule has 1 aromatic heterocycles. The monoisotopic (exact) mass is 317 g/mol. The van der Waals surface area contributed by atoms with Gasteiger partial charge in [-0.05, 0) is 24.3 Å². The van der Waals surface area contributed by atoms with Crippen LogP contribution in [0.15, 0.2) is 59.1 Å². The first-order valence-electron chi connectivity index (χ1n) is 7.79. The Labute approximate surface area is 138 Å². The number of para-hydroxylation sites is 3. The van der Waals surface area contributed by atoms with Gasteiger partial charge in [0.1, 0.15) is 12.4 Å². The number of fused-ring (bicyclic) bond motifs is 4. The van der Waals surface area contributed by atoms with Gasteiger partial charge in [-0.25, -0.2) is 9.98 Å². The summed E-state index contributed by atoms with van der Waals surface area (Å²) in [5.41, 5.74) is 10.0. The van der Waals surface area contributed by atoms with Gasteiger partial charge in [0.05, 0.1) is 11.0 Å². The van der Waals surface area contributed by atoms with Gasteiger partial charge in [-0.2, -0.15) is 0 Å². The maximum atomic E-state index is 5.98. The van der Waals surface area contributed by atoms with Crippen LogP contribution in [0.3, 0.4) is 0 Å². The number of guanidine groups is 1. The zero-order valence-electron chi connectivity index (χ0n) is 12.8. The minimum absolute atomic E-state index is 0.262. The van der Waals surface area contributed by atoms with E-state index >= 15 is 0 Å². The molecule has 3 N–H and O–H groups in total. The predicted octanol–water partition coefficient (Wildman–Crippen LogP) is 2.75. The minimum Gasteiger partial charge on any atom is -0.488 e. The van der Waals surface area contributed by atoms with E-state index in [2.05, 4.69) is 25.9 Å². The highest BCUT2D eigenvalue weighted by Crippen LogP contribution is 2.36. The maximum absolute atomic E-state index is 5.98. The van der Waals surface area contributed by atoms with Gasteiger partial charge < -0.3 is 10.5 Å². The number of imidazole rings is 1. The van der Waals surface area contributed by atoms with Crippen LogP contribution in [0.25, 0.3) is 17.1 Å². The van der Waals surface area contributed by atoms with Crippen molar-refractivity contribution in [1.82, 2.24) is 9.55 Å². The maximum Gasteiger partial charge on any atom is 0.212 e. The Balaban J connectivity index is 1.69. The molecule has 0 saturated carbocycles. The van der Waals surface area contributed by atoms with Crippen molar-refractivity contribution in [3.63, 3.8) is 0 Å². The van der Waals surface area contributed by atoms with Gasteiger partial charge >= 0.3 is 0 Å². The zero-order valence-corrected chi connectivity index (χ0v) is 12.8. The first kappa shape index (κ1) is 13.2. The molecule has 2 aromatic carbocycles. The molecule has 0 bridgehead atoms. The summed E-state index contributed by atoms with van der Waals surface area (Å²) in [5, 5.41) is 3.05. The highest BCUT2D eigenvalue weighted by Gasteiger charge is 2.28. The van der Waals surface area contributed by atoms with Crippen LogP contribution in [0, 0.1) is 0 Å². The Morgan fingerprint density at radius 1 is 1.12 bits per heavy atom. The van der Waals surface area contributed by atoms with Gasteiger partial charge in [0, 0.05) is 11.1 Å². The van der Waals surface area contributed by atoms with Crippen molar-refractivity contribution in [2.45, 2.75) is 6.17 Å². The Kier molecular flexibility index (Phi) is 2.67. The lowest BCUT2D eigenvalue weighted by Gasteiger charge is -2.28. The first-order valence-corrected chi connectivity index (χ1v) is 7.79. The fourth-order valence-corrected chi connectivity index (χ4v) is 3.25. The summed E-state index contributed by atoms with van der Waals surface area (Å²) in [5.74, 6) is 1.96. The van der Waals surface area contributed by atoms with Gasteiger partial charge in [-0.15, -0.1) is 0 Å². The number of hydrogen-bond donors (Lipinski definition) is 2. The van der Waals surface area contributed by atoms with E-state index in [-0.39, 0.29) is 6.17 Å². The molecule has 2 aliphatic rings. The number of aromatic nitrogens is 2. The second-order valence-electron chi connectivity index (χ2n) is 5.85. The molecule has 6 nitrogen and oxygen atoms in total. The second kappa shape index (κ2) is 4.86. The third-order valence-electron chi connectivity index (χ3n) is 4.33. The Hall–Kier alpha value is -3.28. The smallest absolute Gasteiger partial charge is 0.212 e. The highest BCUT2D eigenvalue weighted by atomic mass is 16.5. The fraction of sp³-hybridized carbons (Fsp3) is 0.111. The third kappa shape index (κ3) is 1.89. The molecule has 24 heavy (non-hydrogen) atoms. The SMILES string of the molecule is NC1=NC(C2=Cc3ccccc3OC2)n2c(nc3ccccc32)N1. The lowest BCUT2D eigenvalue weighted by molar-refractivity contribution is 0.330. The second-order valence-corrected chi connectivity index (χ2v) is 5.85. The fourth-order valence-electron chi connectivity index (χ4n) is 3.25. The van der Waals surface area contributed by atoms with Crippen LogP contribution in [0.4, 0.5) is 5.95 Å². The van der Waals surface area contributed by atoms with Crippen LogP contribution in [-0.2, 0) is 0 Å². The molecule has 1 atom stereocenters. The van der Waals surface area contributed by atoms with Crippen molar-refractivity contribution in [3.05, 3.63) is 59.7 Å². The summed E-state index contributed by atoms with van der Waals surface area (Å²) in [6, 6.07) is 16.0. The molecule has 1 unspecified atom stereocenters. The summed E-state index contributed by atoms with van der Waals surface area (Å²) >= 11 is 0. The van der Waals surface area contributed by atoms with Gasteiger partial charge in [0.25, 0.3) is 0 Å². The largest absolute Gasteiger partial charge is 0.488 e. The normalized spacial score (nSPS) is 18.8. The van der Waals surface area contributed by atoms with Crippen LogP contribution >= 0.6 is 0 Å². The summed E-state index contributed by atoms with van der Waals surface area (Å²) in [4.78, 5) is 9.22. The van der Waals surface area contributed by atoms with Crippen molar-refractivity contribution in [1.29, 1.82) is 0 Å². The zero-order chi connectivity index (χ0) is 16.1. The van der Waals surface area contributed by atoms with E-state index in [9.17, 15) is 0 Å². The molecule has 0 fully saturated rings. The predicted molar refractivity (Wildman–Crippen MR) is 93.9 cm³/mol. The molecule has 0 spiro atoms. The molecule has 5 rings (SSSR count). The van der Waals surface area contributed by atoms with Gasteiger partial charge in [0.2, 0.25) is 5.95 Å². The van der Waals surface area contributed by atoms with E-state index in [0.29, 0.717) is 18.5 Å². The first-order chi connectivity index (χ1) is 11.8. The molecule has 0 amide bonds. The lowest BCUT2D eigenvalue weighted by atomic mass is 10.1. The van der Waals surface area contributed by atoms with Gasteiger partial charge in [0.15, 0.2) is 12.1 Å². The molecule has 2 aliphatic heterocycles. The molecule has 0 saturated heterocycles.